The Morgan fingerprint density at radius 2 is 2.21 bits per heavy atom. The van der Waals surface area contributed by atoms with Crippen LogP contribution in [0.15, 0.2) is 44.9 Å². The van der Waals surface area contributed by atoms with Crippen molar-refractivity contribution in [3.05, 3.63) is 51.1 Å². The van der Waals surface area contributed by atoms with Crippen LogP contribution in [0.4, 0.5) is 0 Å². The summed E-state index contributed by atoms with van der Waals surface area (Å²) in [5.74, 6) is 0.434. The van der Waals surface area contributed by atoms with Crippen LogP contribution in [0.25, 0.3) is 22.2 Å². The summed E-state index contributed by atoms with van der Waals surface area (Å²) in [4.78, 5) is 16.1. The zero-order valence-corrected chi connectivity index (χ0v) is 10.6. The Morgan fingerprint density at radius 1 is 1.37 bits per heavy atom. The maximum Gasteiger partial charge on any atom is 0.344 e. The topological polar surface area (TPSA) is 66.9 Å². The van der Waals surface area contributed by atoms with E-state index in [1.54, 1.807) is 23.6 Å². The summed E-state index contributed by atoms with van der Waals surface area (Å²) in [5, 5.41) is 12.5. The van der Waals surface area contributed by atoms with Gasteiger partial charge in [0, 0.05) is 5.38 Å². The van der Waals surface area contributed by atoms with Crippen molar-refractivity contribution in [2.45, 2.75) is 6.42 Å². The number of hydrogen-bond acceptors (Lipinski definition) is 5. The van der Waals surface area contributed by atoms with E-state index < -0.39 is 0 Å². The first-order valence-corrected chi connectivity index (χ1v) is 6.50. The van der Waals surface area contributed by atoms with Crippen molar-refractivity contribution >= 4 is 22.1 Å². The molecule has 0 N–H and O–H groups in total. The molecule has 0 atom stereocenters. The van der Waals surface area contributed by atoms with Crippen LogP contribution in [0.3, 0.4) is 0 Å². The Bertz CT molecular complexity index is 842. The molecule has 3 rings (SSSR count). The van der Waals surface area contributed by atoms with Gasteiger partial charge in [-0.25, -0.2) is 9.78 Å². The van der Waals surface area contributed by atoms with Crippen LogP contribution >= 0.6 is 11.3 Å². The van der Waals surface area contributed by atoms with Crippen LogP contribution < -0.4 is 5.63 Å². The van der Waals surface area contributed by atoms with Gasteiger partial charge in [0.25, 0.3) is 0 Å². The summed E-state index contributed by atoms with van der Waals surface area (Å²) in [6.07, 6.45) is 0.266. The van der Waals surface area contributed by atoms with Crippen LogP contribution in [-0.4, -0.2) is 4.98 Å². The molecule has 4 nitrogen and oxygen atoms in total. The molecule has 0 aliphatic heterocycles. The fourth-order valence-corrected chi connectivity index (χ4v) is 2.55. The molecule has 0 unspecified atom stereocenters. The number of rotatable bonds is 2. The third-order valence-electron chi connectivity index (χ3n) is 2.70. The first-order valence-electron chi connectivity index (χ1n) is 5.62. The highest BCUT2D eigenvalue weighted by atomic mass is 32.1. The van der Waals surface area contributed by atoms with Gasteiger partial charge in [-0.15, -0.1) is 11.3 Å². The fraction of sp³-hybridized carbons (Fsp3) is 0.0714. The van der Waals surface area contributed by atoms with Crippen molar-refractivity contribution in [1.29, 1.82) is 5.26 Å². The van der Waals surface area contributed by atoms with Crippen molar-refractivity contribution in [1.82, 2.24) is 4.98 Å². The number of nitriles is 1. The summed E-state index contributed by atoms with van der Waals surface area (Å²) >= 11 is 1.38. The second-order valence-corrected chi connectivity index (χ2v) is 4.89. The van der Waals surface area contributed by atoms with E-state index in [-0.39, 0.29) is 12.0 Å². The Labute approximate surface area is 112 Å². The molecule has 3 aromatic rings. The fourth-order valence-electron chi connectivity index (χ4n) is 1.83. The van der Waals surface area contributed by atoms with Crippen LogP contribution in [0, 0.1) is 11.3 Å². The van der Waals surface area contributed by atoms with Crippen molar-refractivity contribution in [3.8, 4) is 17.5 Å². The summed E-state index contributed by atoms with van der Waals surface area (Å²) in [6, 6.07) is 11.1. The smallest absolute Gasteiger partial charge is 0.344 e. The predicted molar refractivity (Wildman–Crippen MR) is 72.9 cm³/mol. The average molecular weight is 268 g/mol. The van der Waals surface area contributed by atoms with E-state index in [9.17, 15) is 4.79 Å². The van der Waals surface area contributed by atoms with E-state index in [4.69, 9.17) is 9.68 Å². The molecule has 0 aliphatic rings. The second kappa shape index (κ2) is 4.67. The quantitative estimate of drug-likeness (QED) is 0.716. The van der Waals surface area contributed by atoms with E-state index in [1.807, 2.05) is 18.2 Å². The van der Waals surface area contributed by atoms with Crippen LogP contribution in [0.1, 0.15) is 5.01 Å². The number of nitrogens with zero attached hydrogens (tertiary/aromatic N) is 2. The van der Waals surface area contributed by atoms with Crippen LogP contribution in [0.5, 0.6) is 0 Å². The normalized spacial score (nSPS) is 10.5. The molecular weight excluding hydrogens is 260 g/mol. The van der Waals surface area contributed by atoms with Gasteiger partial charge in [0.1, 0.15) is 10.7 Å². The molecule has 0 amide bonds. The molecule has 92 valence electrons. The highest BCUT2D eigenvalue weighted by Crippen LogP contribution is 2.23. The molecule has 0 saturated heterocycles. The Morgan fingerprint density at radius 3 is 3.05 bits per heavy atom. The summed E-state index contributed by atoms with van der Waals surface area (Å²) in [5.41, 5.74) is 0.223. The lowest BCUT2D eigenvalue weighted by molar-refractivity contribution is 0.533. The standard InChI is InChI=1S/C14H8N2O2S/c15-6-5-13-16-11(8-19-13)12-7-9-3-1-2-4-10(9)14(17)18-12/h1-4,7-8H,5H2. The van der Waals surface area contributed by atoms with Crippen molar-refractivity contribution < 1.29 is 4.42 Å². The molecular formula is C14H8N2O2S. The van der Waals surface area contributed by atoms with Crippen molar-refractivity contribution in [2.75, 3.05) is 0 Å². The largest absolute Gasteiger partial charge is 0.421 e. The highest BCUT2D eigenvalue weighted by Gasteiger charge is 2.09. The lowest BCUT2D eigenvalue weighted by atomic mass is 10.1. The van der Waals surface area contributed by atoms with E-state index >= 15 is 0 Å². The maximum atomic E-state index is 11.9. The van der Waals surface area contributed by atoms with Gasteiger partial charge in [0.15, 0.2) is 5.76 Å². The third-order valence-corrected chi connectivity index (χ3v) is 3.55. The van der Waals surface area contributed by atoms with Crippen molar-refractivity contribution in [2.24, 2.45) is 0 Å². The van der Waals surface area contributed by atoms with E-state index in [0.29, 0.717) is 21.8 Å². The van der Waals surface area contributed by atoms with Crippen molar-refractivity contribution in [3.63, 3.8) is 0 Å². The maximum absolute atomic E-state index is 11.9. The molecule has 19 heavy (non-hydrogen) atoms. The van der Waals surface area contributed by atoms with Gasteiger partial charge < -0.3 is 4.42 Å². The minimum absolute atomic E-state index is 0.266. The molecule has 0 bridgehead atoms. The lowest BCUT2D eigenvalue weighted by Crippen LogP contribution is -2.00. The Hall–Kier alpha value is -2.45. The summed E-state index contributed by atoms with van der Waals surface area (Å²) in [6.45, 7) is 0. The number of hydrogen-bond donors (Lipinski definition) is 0. The molecule has 5 heteroatoms. The van der Waals surface area contributed by atoms with E-state index in [2.05, 4.69) is 4.98 Å². The number of thiazole rings is 1. The van der Waals surface area contributed by atoms with Crippen LogP contribution in [-0.2, 0) is 6.42 Å². The minimum Gasteiger partial charge on any atom is -0.421 e. The molecule has 0 radical (unpaired) electrons. The molecule has 0 aliphatic carbocycles. The highest BCUT2D eigenvalue weighted by molar-refractivity contribution is 7.10. The molecule has 2 heterocycles. The van der Waals surface area contributed by atoms with Gasteiger partial charge >= 0.3 is 5.63 Å². The Kier molecular flexibility index (Phi) is 2.86. The van der Waals surface area contributed by atoms with Gasteiger partial charge in [-0.3, -0.25) is 0 Å². The van der Waals surface area contributed by atoms with Crippen LogP contribution in [0.2, 0.25) is 0 Å². The van der Waals surface area contributed by atoms with Gasteiger partial charge in [-0.2, -0.15) is 5.26 Å². The molecule has 0 fully saturated rings. The van der Waals surface area contributed by atoms with E-state index in [0.717, 1.165) is 5.39 Å². The monoisotopic (exact) mass is 268 g/mol. The SMILES string of the molecule is N#CCc1nc(-c2cc3ccccc3c(=O)o2)cs1. The predicted octanol–water partition coefficient (Wildman–Crippen LogP) is 2.98. The molecule has 0 saturated carbocycles. The zero-order valence-electron chi connectivity index (χ0n) is 9.79. The Balaban J connectivity index is 2.14. The molecule has 0 spiro atoms. The number of aromatic nitrogens is 1. The molecule has 2 aromatic heterocycles. The summed E-state index contributed by atoms with van der Waals surface area (Å²) < 4.78 is 5.27. The molecule has 1 aromatic carbocycles. The van der Waals surface area contributed by atoms with Gasteiger partial charge in [0.05, 0.1) is 17.9 Å². The third kappa shape index (κ3) is 2.14. The van der Waals surface area contributed by atoms with E-state index in [1.165, 1.54) is 11.3 Å². The first-order chi connectivity index (χ1) is 9.28. The van der Waals surface area contributed by atoms with Gasteiger partial charge in [-0.1, -0.05) is 18.2 Å². The lowest BCUT2D eigenvalue weighted by Gasteiger charge is -1.99. The van der Waals surface area contributed by atoms with Gasteiger partial charge in [0.2, 0.25) is 0 Å². The first kappa shape index (κ1) is 11.6. The number of benzene rings is 1. The minimum atomic E-state index is -0.372. The summed E-state index contributed by atoms with van der Waals surface area (Å²) in [7, 11) is 0. The zero-order chi connectivity index (χ0) is 13.2. The second-order valence-electron chi connectivity index (χ2n) is 3.95. The number of fused-ring (bicyclic) bond motifs is 1. The van der Waals surface area contributed by atoms with Gasteiger partial charge in [-0.05, 0) is 17.5 Å². The average Bonchev–Trinajstić information content (AvgIpc) is 2.88.